The Hall–Kier alpha value is -8.40. The lowest BCUT2D eigenvalue weighted by Crippen LogP contribution is -2.26. The zero-order valence-corrected chi connectivity index (χ0v) is 35.9. The third-order valence-corrected chi connectivity index (χ3v) is 14.0. The molecule has 2 aliphatic rings. The first-order valence-electron chi connectivity index (χ1n) is 22.5. The van der Waals surface area contributed by atoms with Crippen molar-refractivity contribution in [3.8, 4) is 33.4 Å². The van der Waals surface area contributed by atoms with Gasteiger partial charge in [0.1, 0.15) is 0 Å². The molecule has 0 saturated heterocycles. The van der Waals surface area contributed by atoms with Gasteiger partial charge in [0.2, 0.25) is 0 Å². The Balaban J connectivity index is 1.08. The van der Waals surface area contributed by atoms with Crippen LogP contribution in [-0.2, 0) is 12.5 Å². The minimum Gasteiger partial charge on any atom is -0.344 e. The summed E-state index contributed by atoms with van der Waals surface area (Å²) < 4.78 is 2.33. The largest absolute Gasteiger partial charge is 0.344 e. The van der Waals surface area contributed by atoms with Crippen molar-refractivity contribution in [2.45, 2.75) is 5.41 Å². The molecule has 0 N–H and O–H groups in total. The lowest BCUT2D eigenvalue weighted by Gasteiger charge is -2.33. The summed E-state index contributed by atoms with van der Waals surface area (Å²) in [6, 6.07) is 89.4. The molecule has 1 heterocycles. The number of aryl methyl sites for hydroxylation is 1. The van der Waals surface area contributed by atoms with Gasteiger partial charge in [-0.1, -0.05) is 164 Å². The van der Waals surface area contributed by atoms with Crippen molar-refractivity contribution < 1.29 is 0 Å². The van der Waals surface area contributed by atoms with Crippen molar-refractivity contribution in [1.82, 2.24) is 4.57 Å². The number of benzene rings is 10. The second-order valence-electron chi connectivity index (χ2n) is 17.3. The van der Waals surface area contributed by atoms with Gasteiger partial charge in [0, 0.05) is 51.8 Å². The Morgan fingerprint density at radius 2 is 0.769 bits per heavy atom. The van der Waals surface area contributed by atoms with Gasteiger partial charge >= 0.3 is 0 Å². The third kappa shape index (κ3) is 5.49. The van der Waals surface area contributed by atoms with Crippen LogP contribution in [0.3, 0.4) is 0 Å². The van der Waals surface area contributed by atoms with E-state index in [-0.39, 0.29) is 0 Å². The summed E-state index contributed by atoms with van der Waals surface area (Å²) in [7, 11) is 2.18. The first-order valence-corrected chi connectivity index (χ1v) is 22.5. The van der Waals surface area contributed by atoms with E-state index in [1.807, 2.05) is 0 Å². The number of fused-ring (bicyclic) bond motifs is 13. The number of nitrogens with zero attached hydrogens (tertiary/aromatic N) is 3. The fourth-order valence-corrected chi connectivity index (χ4v) is 11.2. The minimum atomic E-state index is -0.572. The summed E-state index contributed by atoms with van der Waals surface area (Å²) in [5, 5.41) is 2.48. The average Bonchev–Trinajstić information content (AvgIpc) is 3.96. The molecule has 1 aromatic heterocycles. The van der Waals surface area contributed by atoms with Gasteiger partial charge in [0.15, 0.2) is 0 Å². The highest BCUT2D eigenvalue weighted by Crippen LogP contribution is 2.64. The molecular formula is C62H43N3. The minimum absolute atomic E-state index is 0.572. The summed E-state index contributed by atoms with van der Waals surface area (Å²) in [6.45, 7) is 0. The maximum absolute atomic E-state index is 2.51. The van der Waals surface area contributed by atoms with Gasteiger partial charge in [-0.2, -0.15) is 0 Å². The monoisotopic (exact) mass is 829 g/mol. The standard InChI is InChI=1S/C62H43N3/c1-63-58-29-16-13-26-53(58)61-59(63)30-17-31-60(61)65(46-34-32-43(33-35-46)42-18-5-2-6-19-42)48-37-39-52-50-25-12-15-28-55(50)62(57(52)41-48)54-27-14-11-24-49(54)51-38-36-47(40-56(51)62)64(44-20-7-3-8-21-44)45-22-9-4-10-23-45/h2-41H,1H3. The Morgan fingerprint density at radius 1 is 0.323 bits per heavy atom. The Morgan fingerprint density at radius 3 is 1.38 bits per heavy atom. The predicted molar refractivity (Wildman–Crippen MR) is 272 cm³/mol. The Kier molecular flexibility index (Phi) is 8.34. The molecule has 306 valence electrons. The second kappa shape index (κ2) is 14.6. The number of para-hydroxylation sites is 3. The number of hydrogen-bond donors (Lipinski definition) is 0. The predicted octanol–water partition coefficient (Wildman–Crippen LogP) is 16.3. The normalized spacial score (nSPS) is 14.3. The molecule has 0 fully saturated rings. The molecule has 0 aliphatic heterocycles. The zero-order chi connectivity index (χ0) is 43.1. The van der Waals surface area contributed by atoms with Crippen molar-refractivity contribution in [2.24, 2.45) is 7.05 Å². The average molecular weight is 830 g/mol. The van der Waals surface area contributed by atoms with E-state index in [1.165, 1.54) is 77.4 Å². The van der Waals surface area contributed by atoms with Crippen LogP contribution in [0.25, 0.3) is 55.2 Å². The van der Waals surface area contributed by atoms with Crippen molar-refractivity contribution >= 4 is 55.9 Å². The number of hydrogen-bond acceptors (Lipinski definition) is 2. The van der Waals surface area contributed by atoms with Gasteiger partial charge in [0.05, 0.1) is 16.6 Å². The van der Waals surface area contributed by atoms with Gasteiger partial charge in [0.25, 0.3) is 0 Å². The van der Waals surface area contributed by atoms with Crippen molar-refractivity contribution in [3.05, 3.63) is 265 Å². The Bertz CT molecular complexity index is 3560. The van der Waals surface area contributed by atoms with Crippen molar-refractivity contribution in [2.75, 3.05) is 9.80 Å². The van der Waals surface area contributed by atoms with E-state index in [9.17, 15) is 0 Å². The molecule has 65 heavy (non-hydrogen) atoms. The van der Waals surface area contributed by atoms with Crippen LogP contribution in [-0.4, -0.2) is 4.57 Å². The molecular weight excluding hydrogens is 787 g/mol. The lowest BCUT2D eigenvalue weighted by molar-refractivity contribution is 0.793. The molecule has 3 nitrogen and oxygen atoms in total. The van der Waals surface area contributed by atoms with E-state index < -0.39 is 5.41 Å². The van der Waals surface area contributed by atoms with Crippen LogP contribution in [0.4, 0.5) is 34.1 Å². The third-order valence-electron chi connectivity index (χ3n) is 14.0. The maximum Gasteiger partial charge on any atom is 0.0727 e. The quantitative estimate of drug-likeness (QED) is 0.159. The van der Waals surface area contributed by atoms with Crippen LogP contribution in [0.5, 0.6) is 0 Å². The van der Waals surface area contributed by atoms with Crippen LogP contribution >= 0.6 is 0 Å². The molecule has 0 radical (unpaired) electrons. The van der Waals surface area contributed by atoms with Crippen LogP contribution in [0.2, 0.25) is 0 Å². The highest BCUT2D eigenvalue weighted by Gasteiger charge is 2.52. The van der Waals surface area contributed by atoms with E-state index in [1.54, 1.807) is 0 Å². The lowest BCUT2D eigenvalue weighted by atomic mass is 9.70. The van der Waals surface area contributed by atoms with E-state index in [2.05, 4.69) is 264 Å². The Labute approximate surface area is 379 Å². The fourth-order valence-electron chi connectivity index (χ4n) is 11.2. The van der Waals surface area contributed by atoms with Gasteiger partial charge in [-0.25, -0.2) is 0 Å². The molecule has 1 spiro atoms. The molecule has 13 rings (SSSR count). The molecule has 0 saturated carbocycles. The molecule has 0 bridgehead atoms. The first kappa shape index (κ1) is 37.2. The van der Waals surface area contributed by atoms with E-state index in [4.69, 9.17) is 0 Å². The van der Waals surface area contributed by atoms with Crippen molar-refractivity contribution in [3.63, 3.8) is 0 Å². The first-order chi connectivity index (χ1) is 32.2. The van der Waals surface area contributed by atoms with Crippen LogP contribution in [0, 0.1) is 0 Å². The van der Waals surface area contributed by atoms with E-state index in [0.29, 0.717) is 0 Å². The van der Waals surface area contributed by atoms with Crippen LogP contribution in [0.15, 0.2) is 243 Å². The SMILES string of the molecule is Cn1c2ccccc2c2c(N(c3ccc(-c4ccccc4)cc3)c3ccc4c(c3)C3(c5ccccc5-c5ccc(N(c6ccccc6)c6ccccc6)cc53)c3ccccc3-4)cccc21. The van der Waals surface area contributed by atoms with E-state index in [0.717, 1.165) is 34.1 Å². The van der Waals surface area contributed by atoms with Gasteiger partial charge < -0.3 is 14.4 Å². The fraction of sp³-hybridized carbons (Fsp3) is 0.0323. The molecule has 1 unspecified atom stereocenters. The molecule has 1 atom stereocenters. The summed E-state index contributed by atoms with van der Waals surface area (Å²) in [4.78, 5) is 4.88. The number of anilines is 6. The summed E-state index contributed by atoms with van der Waals surface area (Å²) in [6.07, 6.45) is 0. The molecule has 11 aromatic rings. The van der Waals surface area contributed by atoms with Gasteiger partial charge in [-0.3, -0.25) is 0 Å². The zero-order valence-electron chi connectivity index (χ0n) is 35.9. The second-order valence-corrected chi connectivity index (χ2v) is 17.3. The molecule has 0 amide bonds. The van der Waals surface area contributed by atoms with Crippen LogP contribution in [0.1, 0.15) is 22.3 Å². The number of aromatic nitrogens is 1. The molecule has 10 aromatic carbocycles. The smallest absolute Gasteiger partial charge is 0.0727 e. The van der Waals surface area contributed by atoms with Crippen LogP contribution < -0.4 is 9.80 Å². The number of rotatable bonds is 7. The molecule has 3 heteroatoms. The van der Waals surface area contributed by atoms with Gasteiger partial charge in [-0.15, -0.1) is 0 Å². The summed E-state index contributed by atoms with van der Waals surface area (Å²) in [5.74, 6) is 0. The molecule has 2 aliphatic carbocycles. The highest BCUT2D eigenvalue weighted by atomic mass is 15.2. The maximum atomic E-state index is 2.51. The van der Waals surface area contributed by atoms with E-state index >= 15 is 0 Å². The summed E-state index contributed by atoms with van der Waals surface area (Å²) >= 11 is 0. The van der Waals surface area contributed by atoms with Crippen molar-refractivity contribution in [1.29, 1.82) is 0 Å². The van der Waals surface area contributed by atoms with Gasteiger partial charge in [-0.05, 0) is 134 Å². The summed E-state index contributed by atoms with van der Waals surface area (Å²) in [5.41, 5.74) is 21.3. The topological polar surface area (TPSA) is 11.4 Å². The highest BCUT2D eigenvalue weighted by molar-refractivity contribution is 6.16.